The molecule has 2 aromatic rings. The van der Waals surface area contributed by atoms with Crippen molar-refractivity contribution in [1.29, 1.82) is 0 Å². The van der Waals surface area contributed by atoms with Crippen LogP contribution in [0, 0.1) is 5.92 Å². The molecule has 0 radical (unpaired) electrons. The van der Waals surface area contributed by atoms with Gasteiger partial charge in [0.15, 0.2) is 0 Å². The minimum Gasteiger partial charge on any atom is -0.335 e. The summed E-state index contributed by atoms with van der Waals surface area (Å²) in [4.78, 5) is 32.2. The van der Waals surface area contributed by atoms with Gasteiger partial charge >= 0.3 is 6.03 Å². The van der Waals surface area contributed by atoms with Crippen LogP contribution in [0.15, 0.2) is 41.5 Å². The molecular weight excluding hydrogens is 364 g/mol. The Labute approximate surface area is 170 Å². The number of piperidine rings is 1. The lowest BCUT2D eigenvalue weighted by Crippen LogP contribution is -2.53. The summed E-state index contributed by atoms with van der Waals surface area (Å²) < 4.78 is 1.94. The normalized spacial score (nSPS) is 24.1. The van der Waals surface area contributed by atoms with Crippen molar-refractivity contribution in [3.63, 3.8) is 0 Å². The molecule has 2 bridgehead atoms. The highest BCUT2D eigenvalue weighted by Crippen LogP contribution is 2.36. The molecule has 6 nitrogen and oxygen atoms in total. The van der Waals surface area contributed by atoms with Crippen molar-refractivity contribution in [1.82, 2.24) is 19.8 Å². The molecule has 29 heavy (non-hydrogen) atoms. The van der Waals surface area contributed by atoms with Gasteiger partial charge in [-0.15, -0.1) is 0 Å². The van der Waals surface area contributed by atoms with Gasteiger partial charge in [0.2, 0.25) is 0 Å². The minimum absolute atomic E-state index is 0.0605. The third-order valence-corrected chi connectivity index (χ3v) is 6.80. The first-order chi connectivity index (χ1) is 14.2. The summed E-state index contributed by atoms with van der Waals surface area (Å²) in [6, 6.07) is 8.19. The first-order valence-electron chi connectivity index (χ1n) is 10.9. The fraction of sp³-hybridized carbons (Fsp3) is 0.522. The van der Waals surface area contributed by atoms with Crippen LogP contribution in [0.2, 0.25) is 0 Å². The van der Waals surface area contributed by atoms with E-state index in [2.05, 4.69) is 16.4 Å². The number of carbonyl (C=O) groups excluding carboxylic acids is 1. The topological polar surface area (TPSA) is 67.2 Å². The molecule has 3 aliphatic rings. The molecule has 2 aliphatic heterocycles. The second kappa shape index (κ2) is 7.65. The number of urea groups is 1. The van der Waals surface area contributed by atoms with E-state index in [0.29, 0.717) is 30.6 Å². The lowest BCUT2D eigenvalue weighted by molar-refractivity contribution is 0.127. The number of likely N-dealkylation sites (tertiary alicyclic amines) is 1. The molecule has 2 fully saturated rings. The molecule has 6 heteroatoms. The van der Waals surface area contributed by atoms with Crippen molar-refractivity contribution in [2.24, 2.45) is 5.92 Å². The van der Waals surface area contributed by atoms with Gasteiger partial charge in [-0.2, -0.15) is 0 Å². The molecule has 0 spiro atoms. The number of fused-ring (bicyclic) bond motifs is 4. The van der Waals surface area contributed by atoms with Crippen molar-refractivity contribution >= 4 is 6.03 Å². The molecule has 2 amide bonds. The number of amides is 2. The lowest BCUT2D eigenvalue weighted by Gasteiger charge is -2.43. The van der Waals surface area contributed by atoms with Crippen LogP contribution in [0.25, 0.3) is 11.1 Å². The SMILES string of the molecule is O=C(NC1CCCCC1)N1C[C@H]2C[C@H](C1)c1ccc(-c3cccnc3)c(=O)n1C2. The molecule has 2 aromatic heterocycles. The maximum absolute atomic E-state index is 13.2. The molecule has 0 unspecified atom stereocenters. The van der Waals surface area contributed by atoms with Crippen molar-refractivity contribution in [2.45, 2.75) is 57.0 Å². The standard InChI is InChI=1S/C23H28N4O2/c28-22-20(17-5-4-10-24-12-17)8-9-21-18-11-16(14-27(21)22)13-26(15-18)23(29)25-19-6-2-1-3-7-19/h4-5,8-10,12,16,18-19H,1-3,6-7,11,13-15H2,(H,25,29)/t16-,18-/m1/s1. The number of hydrogen-bond donors (Lipinski definition) is 1. The van der Waals surface area contributed by atoms with Gasteiger partial charge in [-0.25, -0.2) is 4.79 Å². The van der Waals surface area contributed by atoms with E-state index < -0.39 is 0 Å². The summed E-state index contributed by atoms with van der Waals surface area (Å²) in [5, 5.41) is 3.26. The maximum atomic E-state index is 13.2. The van der Waals surface area contributed by atoms with E-state index >= 15 is 0 Å². The Morgan fingerprint density at radius 1 is 1.07 bits per heavy atom. The fourth-order valence-electron chi connectivity index (χ4n) is 5.37. The monoisotopic (exact) mass is 392 g/mol. The van der Waals surface area contributed by atoms with Crippen molar-refractivity contribution in [2.75, 3.05) is 13.1 Å². The van der Waals surface area contributed by atoms with E-state index in [1.165, 1.54) is 19.3 Å². The zero-order chi connectivity index (χ0) is 19.8. The smallest absolute Gasteiger partial charge is 0.317 e. The Bertz CT molecular complexity index is 949. The number of hydrogen-bond acceptors (Lipinski definition) is 3. The number of carbonyl (C=O) groups is 1. The van der Waals surface area contributed by atoms with Crippen LogP contribution >= 0.6 is 0 Å². The first-order valence-corrected chi connectivity index (χ1v) is 10.9. The third kappa shape index (κ3) is 3.56. The highest BCUT2D eigenvalue weighted by atomic mass is 16.2. The Morgan fingerprint density at radius 3 is 2.72 bits per heavy atom. The highest BCUT2D eigenvalue weighted by molar-refractivity contribution is 5.75. The van der Waals surface area contributed by atoms with E-state index in [0.717, 1.165) is 37.1 Å². The van der Waals surface area contributed by atoms with Crippen LogP contribution in [-0.4, -0.2) is 39.6 Å². The summed E-state index contributed by atoms with van der Waals surface area (Å²) in [7, 11) is 0. The number of nitrogens with one attached hydrogen (secondary N) is 1. The Kier molecular flexibility index (Phi) is 4.86. The van der Waals surface area contributed by atoms with Gasteiger partial charge in [0.05, 0.1) is 0 Å². The van der Waals surface area contributed by atoms with Gasteiger partial charge in [-0.1, -0.05) is 25.3 Å². The van der Waals surface area contributed by atoms with Gasteiger partial charge in [0.25, 0.3) is 5.56 Å². The van der Waals surface area contributed by atoms with Gasteiger partial charge in [-0.05, 0) is 43.4 Å². The number of nitrogens with zero attached hydrogens (tertiary/aromatic N) is 3. The number of pyridine rings is 2. The van der Waals surface area contributed by atoms with Crippen LogP contribution in [0.1, 0.15) is 50.1 Å². The molecule has 2 atom stereocenters. The third-order valence-electron chi connectivity index (χ3n) is 6.80. The summed E-state index contributed by atoms with van der Waals surface area (Å²) in [5.74, 6) is 0.565. The lowest BCUT2D eigenvalue weighted by atomic mass is 9.83. The van der Waals surface area contributed by atoms with E-state index in [1.54, 1.807) is 12.4 Å². The average molecular weight is 393 g/mol. The van der Waals surface area contributed by atoms with E-state index in [1.807, 2.05) is 27.7 Å². The Hall–Kier alpha value is -2.63. The second-order valence-corrected chi connectivity index (χ2v) is 8.82. The molecule has 152 valence electrons. The van der Waals surface area contributed by atoms with Crippen LogP contribution in [-0.2, 0) is 6.54 Å². The Balaban J connectivity index is 1.36. The number of aromatic nitrogens is 2. The van der Waals surface area contributed by atoms with Crippen LogP contribution in [0.5, 0.6) is 0 Å². The molecule has 4 heterocycles. The predicted octanol–water partition coefficient (Wildman–Crippen LogP) is 3.37. The van der Waals surface area contributed by atoms with Crippen LogP contribution < -0.4 is 10.9 Å². The average Bonchev–Trinajstić information content (AvgIpc) is 2.76. The van der Waals surface area contributed by atoms with Crippen LogP contribution in [0.4, 0.5) is 4.79 Å². The molecular formula is C23H28N4O2. The molecule has 1 saturated carbocycles. The fourth-order valence-corrected chi connectivity index (χ4v) is 5.37. The molecule has 1 saturated heterocycles. The molecule has 1 N–H and O–H groups in total. The highest BCUT2D eigenvalue weighted by Gasteiger charge is 2.37. The van der Waals surface area contributed by atoms with Gasteiger partial charge < -0.3 is 14.8 Å². The maximum Gasteiger partial charge on any atom is 0.317 e. The molecule has 1 aliphatic carbocycles. The molecule has 5 rings (SSSR count). The van der Waals surface area contributed by atoms with E-state index in [-0.39, 0.29) is 17.5 Å². The van der Waals surface area contributed by atoms with Crippen molar-refractivity contribution in [3.8, 4) is 11.1 Å². The summed E-state index contributed by atoms with van der Waals surface area (Å²) in [5.41, 5.74) is 2.69. The largest absolute Gasteiger partial charge is 0.335 e. The van der Waals surface area contributed by atoms with Gasteiger partial charge in [-0.3, -0.25) is 9.78 Å². The van der Waals surface area contributed by atoms with Gasteiger partial charge in [0, 0.05) is 60.8 Å². The summed E-state index contributed by atoms with van der Waals surface area (Å²) in [6.45, 7) is 2.12. The van der Waals surface area contributed by atoms with E-state index in [4.69, 9.17) is 0 Å². The van der Waals surface area contributed by atoms with Gasteiger partial charge in [0.1, 0.15) is 0 Å². The second-order valence-electron chi connectivity index (χ2n) is 8.82. The number of rotatable bonds is 2. The zero-order valence-electron chi connectivity index (χ0n) is 16.7. The van der Waals surface area contributed by atoms with E-state index in [9.17, 15) is 9.59 Å². The zero-order valence-corrected chi connectivity index (χ0v) is 16.7. The van der Waals surface area contributed by atoms with Crippen molar-refractivity contribution in [3.05, 3.63) is 52.7 Å². The Morgan fingerprint density at radius 2 is 1.93 bits per heavy atom. The first kappa shape index (κ1) is 18.4. The quantitative estimate of drug-likeness (QED) is 0.852. The summed E-state index contributed by atoms with van der Waals surface area (Å²) >= 11 is 0. The van der Waals surface area contributed by atoms with Crippen molar-refractivity contribution < 1.29 is 4.79 Å². The predicted molar refractivity (Wildman–Crippen MR) is 112 cm³/mol. The minimum atomic E-state index is 0.0605. The summed E-state index contributed by atoms with van der Waals surface area (Å²) in [6.07, 6.45) is 10.4. The molecule has 0 aromatic carbocycles. The van der Waals surface area contributed by atoms with Crippen LogP contribution in [0.3, 0.4) is 0 Å².